The lowest BCUT2D eigenvalue weighted by Gasteiger charge is -2.32. The average molecular weight is 316 g/mol. The summed E-state index contributed by atoms with van der Waals surface area (Å²) >= 11 is 0. The fraction of sp³-hybridized carbons (Fsp3) is 0.579. The Morgan fingerprint density at radius 1 is 1.26 bits per heavy atom. The first kappa shape index (κ1) is 17.5. The molecule has 1 atom stereocenters. The van der Waals surface area contributed by atoms with Crippen LogP contribution in [0.1, 0.15) is 52.0 Å². The summed E-state index contributed by atoms with van der Waals surface area (Å²) in [6.07, 6.45) is 2.23. The number of nitrogens with zero attached hydrogens (tertiary/aromatic N) is 2. The standard InChI is InChI=1S/C19H28N2O2/c1-14(2)17-7-9-18(10-8-17)21(16(4)22)13-19(23)20-11-5-6-15(3)12-20/h7-10,14-15H,5-6,11-13H2,1-4H3. The molecule has 0 aromatic heterocycles. The van der Waals surface area contributed by atoms with Crippen LogP contribution in [0, 0.1) is 5.92 Å². The Balaban J connectivity index is 2.09. The molecule has 0 saturated carbocycles. The van der Waals surface area contributed by atoms with Crippen LogP contribution in [0.5, 0.6) is 0 Å². The molecule has 1 aliphatic heterocycles. The molecule has 126 valence electrons. The van der Waals surface area contributed by atoms with Crippen molar-refractivity contribution in [1.82, 2.24) is 4.90 Å². The van der Waals surface area contributed by atoms with Crippen molar-refractivity contribution >= 4 is 17.5 Å². The van der Waals surface area contributed by atoms with Crippen LogP contribution in [0.4, 0.5) is 5.69 Å². The second-order valence-corrected chi connectivity index (χ2v) is 6.94. The number of likely N-dealkylation sites (tertiary alicyclic amines) is 1. The molecule has 1 unspecified atom stereocenters. The number of rotatable bonds is 4. The van der Waals surface area contributed by atoms with Crippen LogP contribution < -0.4 is 4.90 Å². The Bertz CT molecular complexity index is 551. The SMILES string of the molecule is CC(=O)N(CC(=O)N1CCCC(C)C1)c1ccc(C(C)C)cc1. The van der Waals surface area contributed by atoms with Crippen LogP contribution in [-0.2, 0) is 9.59 Å². The Morgan fingerprint density at radius 3 is 2.43 bits per heavy atom. The van der Waals surface area contributed by atoms with Crippen LogP contribution >= 0.6 is 0 Å². The summed E-state index contributed by atoms with van der Waals surface area (Å²) in [5.74, 6) is 0.940. The van der Waals surface area contributed by atoms with Gasteiger partial charge in [0, 0.05) is 25.7 Å². The summed E-state index contributed by atoms with van der Waals surface area (Å²) in [7, 11) is 0. The van der Waals surface area contributed by atoms with E-state index < -0.39 is 0 Å². The van der Waals surface area contributed by atoms with E-state index in [1.807, 2.05) is 29.2 Å². The number of hydrogen-bond acceptors (Lipinski definition) is 2. The van der Waals surface area contributed by atoms with E-state index in [1.165, 1.54) is 18.9 Å². The summed E-state index contributed by atoms with van der Waals surface area (Å²) in [6.45, 7) is 9.70. The van der Waals surface area contributed by atoms with Gasteiger partial charge in [0.1, 0.15) is 6.54 Å². The number of amides is 2. The van der Waals surface area contributed by atoms with Crippen LogP contribution in [0.25, 0.3) is 0 Å². The first-order valence-electron chi connectivity index (χ1n) is 8.54. The first-order valence-corrected chi connectivity index (χ1v) is 8.54. The Kier molecular flexibility index (Phi) is 5.80. The van der Waals surface area contributed by atoms with Gasteiger partial charge in [-0.25, -0.2) is 0 Å². The molecule has 0 bridgehead atoms. The molecule has 1 aliphatic rings. The maximum atomic E-state index is 12.5. The lowest BCUT2D eigenvalue weighted by Crippen LogP contribution is -2.46. The van der Waals surface area contributed by atoms with E-state index in [2.05, 4.69) is 20.8 Å². The molecule has 0 aliphatic carbocycles. The normalized spacial score (nSPS) is 18.1. The van der Waals surface area contributed by atoms with Gasteiger partial charge in [0.05, 0.1) is 0 Å². The molecule has 1 saturated heterocycles. The largest absolute Gasteiger partial charge is 0.341 e. The van der Waals surface area contributed by atoms with Crippen molar-refractivity contribution in [3.05, 3.63) is 29.8 Å². The van der Waals surface area contributed by atoms with Crippen molar-refractivity contribution in [2.45, 2.75) is 46.5 Å². The van der Waals surface area contributed by atoms with Gasteiger partial charge in [-0.05, 0) is 42.4 Å². The number of carbonyl (C=O) groups excluding carboxylic acids is 2. The van der Waals surface area contributed by atoms with Crippen molar-refractivity contribution < 1.29 is 9.59 Å². The van der Waals surface area contributed by atoms with Crippen LogP contribution in [-0.4, -0.2) is 36.3 Å². The number of carbonyl (C=O) groups is 2. The number of hydrogen-bond donors (Lipinski definition) is 0. The molecule has 1 aromatic carbocycles. The van der Waals surface area contributed by atoms with Gasteiger partial charge >= 0.3 is 0 Å². The van der Waals surface area contributed by atoms with Crippen molar-refractivity contribution in [2.75, 3.05) is 24.5 Å². The molecule has 2 amide bonds. The zero-order valence-corrected chi connectivity index (χ0v) is 14.7. The molecule has 4 heteroatoms. The Hall–Kier alpha value is -1.84. The lowest BCUT2D eigenvalue weighted by molar-refractivity contribution is -0.132. The summed E-state index contributed by atoms with van der Waals surface area (Å²) < 4.78 is 0. The highest BCUT2D eigenvalue weighted by molar-refractivity contribution is 5.97. The highest BCUT2D eigenvalue weighted by Gasteiger charge is 2.24. The smallest absolute Gasteiger partial charge is 0.242 e. The summed E-state index contributed by atoms with van der Waals surface area (Å²) in [6, 6.07) is 7.93. The molecule has 0 spiro atoms. The van der Waals surface area contributed by atoms with E-state index in [0.717, 1.165) is 25.2 Å². The predicted octanol–water partition coefficient (Wildman–Crippen LogP) is 3.42. The van der Waals surface area contributed by atoms with E-state index in [4.69, 9.17) is 0 Å². The quantitative estimate of drug-likeness (QED) is 0.854. The van der Waals surface area contributed by atoms with Crippen molar-refractivity contribution in [3.8, 4) is 0 Å². The lowest BCUT2D eigenvalue weighted by atomic mass is 10.0. The monoisotopic (exact) mass is 316 g/mol. The van der Waals surface area contributed by atoms with Crippen molar-refractivity contribution in [1.29, 1.82) is 0 Å². The van der Waals surface area contributed by atoms with Gasteiger partial charge in [-0.3, -0.25) is 9.59 Å². The second kappa shape index (κ2) is 7.62. The summed E-state index contributed by atoms with van der Waals surface area (Å²) in [4.78, 5) is 28.0. The highest BCUT2D eigenvalue weighted by Crippen LogP contribution is 2.21. The minimum atomic E-state index is -0.0966. The molecule has 0 radical (unpaired) electrons. The number of benzene rings is 1. The number of piperidine rings is 1. The van der Waals surface area contributed by atoms with Crippen molar-refractivity contribution in [3.63, 3.8) is 0 Å². The van der Waals surface area contributed by atoms with Gasteiger partial charge in [0.25, 0.3) is 0 Å². The molecular weight excluding hydrogens is 288 g/mol. The molecule has 0 N–H and O–H groups in total. The van der Waals surface area contributed by atoms with Crippen LogP contribution in [0.3, 0.4) is 0 Å². The van der Waals surface area contributed by atoms with Gasteiger partial charge in [0.2, 0.25) is 11.8 Å². The van der Waals surface area contributed by atoms with E-state index in [-0.39, 0.29) is 18.4 Å². The van der Waals surface area contributed by atoms with E-state index >= 15 is 0 Å². The minimum absolute atomic E-state index is 0.0414. The van der Waals surface area contributed by atoms with Crippen LogP contribution in [0.2, 0.25) is 0 Å². The molecule has 4 nitrogen and oxygen atoms in total. The third-order valence-electron chi connectivity index (χ3n) is 4.55. The van der Waals surface area contributed by atoms with Gasteiger partial charge in [0.15, 0.2) is 0 Å². The summed E-state index contributed by atoms with van der Waals surface area (Å²) in [5.41, 5.74) is 2.02. The fourth-order valence-corrected chi connectivity index (χ4v) is 3.07. The fourth-order valence-electron chi connectivity index (χ4n) is 3.07. The minimum Gasteiger partial charge on any atom is -0.341 e. The van der Waals surface area contributed by atoms with Gasteiger partial charge < -0.3 is 9.80 Å². The Morgan fingerprint density at radius 2 is 1.91 bits per heavy atom. The van der Waals surface area contributed by atoms with E-state index in [1.54, 1.807) is 4.90 Å². The summed E-state index contributed by atoms with van der Waals surface area (Å²) in [5, 5.41) is 0. The van der Waals surface area contributed by atoms with Crippen molar-refractivity contribution in [2.24, 2.45) is 5.92 Å². The zero-order valence-electron chi connectivity index (χ0n) is 14.7. The molecule has 1 heterocycles. The molecule has 1 aromatic rings. The predicted molar refractivity (Wildman–Crippen MR) is 93.5 cm³/mol. The highest BCUT2D eigenvalue weighted by atomic mass is 16.2. The molecule has 2 rings (SSSR count). The van der Waals surface area contributed by atoms with E-state index in [9.17, 15) is 9.59 Å². The number of anilines is 1. The van der Waals surface area contributed by atoms with Gasteiger partial charge in [-0.2, -0.15) is 0 Å². The van der Waals surface area contributed by atoms with Gasteiger partial charge in [-0.15, -0.1) is 0 Å². The van der Waals surface area contributed by atoms with Gasteiger partial charge in [-0.1, -0.05) is 32.9 Å². The average Bonchev–Trinajstić information content (AvgIpc) is 2.52. The first-order chi connectivity index (χ1) is 10.9. The topological polar surface area (TPSA) is 40.6 Å². The maximum Gasteiger partial charge on any atom is 0.242 e. The molecular formula is C19H28N2O2. The molecule has 1 fully saturated rings. The Labute approximate surface area is 139 Å². The maximum absolute atomic E-state index is 12.5. The third-order valence-corrected chi connectivity index (χ3v) is 4.55. The van der Waals surface area contributed by atoms with Crippen LogP contribution in [0.15, 0.2) is 24.3 Å². The zero-order chi connectivity index (χ0) is 17.0. The van der Waals surface area contributed by atoms with E-state index in [0.29, 0.717) is 11.8 Å². The second-order valence-electron chi connectivity index (χ2n) is 6.94. The molecule has 23 heavy (non-hydrogen) atoms. The third kappa shape index (κ3) is 4.57.